The lowest BCUT2D eigenvalue weighted by atomic mass is 10.0. The van der Waals surface area contributed by atoms with Crippen molar-refractivity contribution in [2.24, 2.45) is 0 Å². The zero-order valence-corrected chi connectivity index (χ0v) is 44.0. The molecular weight excluding hydrogens is 803 g/mol. The highest BCUT2D eigenvalue weighted by Crippen LogP contribution is 2.17. The van der Waals surface area contributed by atoms with Gasteiger partial charge >= 0.3 is 5.97 Å². The number of rotatable bonds is 55. The largest absolute Gasteiger partial charge is 0.466 e. The number of nitrogens with one attached hydrogen (secondary N) is 1. The van der Waals surface area contributed by atoms with Gasteiger partial charge in [-0.25, -0.2) is 0 Å². The van der Waals surface area contributed by atoms with E-state index < -0.39 is 12.1 Å². The number of allylic oxidation sites excluding steroid dienone is 2. The third kappa shape index (κ3) is 51.8. The molecule has 0 spiro atoms. The first-order valence-electron chi connectivity index (χ1n) is 29.4. The van der Waals surface area contributed by atoms with Crippen molar-refractivity contribution in [3.05, 3.63) is 12.2 Å². The maximum atomic E-state index is 12.5. The van der Waals surface area contributed by atoms with Crippen LogP contribution in [0, 0.1) is 0 Å². The number of amides is 1. The van der Waals surface area contributed by atoms with E-state index >= 15 is 0 Å². The van der Waals surface area contributed by atoms with E-state index in [0.717, 1.165) is 44.9 Å². The van der Waals surface area contributed by atoms with Crippen LogP contribution >= 0.6 is 0 Å². The highest BCUT2D eigenvalue weighted by atomic mass is 16.5. The predicted octanol–water partition coefficient (Wildman–Crippen LogP) is 18.1. The van der Waals surface area contributed by atoms with E-state index in [1.54, 1.807) is 0 Å². The molecule has 65 heavy (non-hydrogen) atoms. The van der Waals surface area contributed by atoms with Gasteiger partial charge in [0.05, 0.1) is 25.4 Å². The minimum Gasteiger partial charge on any atom is -0.466 e. The summed E-state index contributed by atoms with van der Waals surface area (Å²) in [5, 5.41) is 23.3. The number of carbonyl (C=O) groups is 2. The van der Waals surface area contributed by atoms with Crippen molar-refractivity contribution >= 4 is 11.9 Å². The molecule has 386 valence electrons. The summed E-state index contributed by atoms with van der Waals surface area (Å²) in [6.07, 6.45) is 64.8. The van der Waals surface area contributed by atoms with Crippen LogP contribution in [-0.2, 0) is 14.3 Å². The van der Waals surface area contributed by atoms with Gasteiger partial charge in [0, 0.05) is 12.8 Å². The molecule has 2 unspecified atom stereocenters. The van der Waals surface area contributed by atoms with Gasteiger partial charge in [0.25, 0.3) is 0 Å². The zero-order chi connectivity index (χ0) is 47.2. The Hall–Kier alpha value is -1.40. The summed E-state index contributed by atoms with van der Waals surface area (Å²) in [6.45, 7) is 4.95. The smallest absolute Gasteiger partial charge is 0.305 e. The number of unbranched alkanes of at least 4 members (excludes halogenated alkanes) is 42. The number of aliphatic hydroxyl groups excluding tert-OH is 2. The normalized spacial score (nSPS) is 12.6. The van der Waals surface area contributed by atoms with Crippen molar-refractivity contribution in [2.75, 3.05) is 13.2 Å². The first-order valence-corrected chi connectivity index (χ1v) is 29.4. The Kier molecular flexibility index (Phi) is 54.0. The van der Waals surface area contributed by atoms with Gasteiger partial charge < -0.3 is 20.3 Å². The molecule has 0 aromatic carbocycles. The lowest BCUT2D eigenvalue weighted by Gasteiger charge is -2.22. The SMILES string of the molecule is CCCCCCCC/C=C\CCCCCCCCCC(=O)OCCCCCCCCCCCCCCCCCCC(=O)NC(CO)C(O)CCCCCCCCCCCCCCCCC. The molecular formula is C59H115NO5. The summed E-state index contributed by atoms with van der Waals surface area (Å²) in [6, 6.07) is -0.546. The minimum atomic E-state index is -0.668. The van der Waals surface area contributed by atoms with E-state index in [1.807, 2.05) is 0 Å². The number of carbonyl (C=O) groups excluding carboxylic acids is 2. The first-order chi connectivity index (χ1) is 32.0. The minimum absolute atomic E-state index is 0.000579. The van der Waals surface area contributed by atoms with Crippen LogP contribution in [0.1, 0.15) is 328 Å². The Balaban J connectivity index is 3.40. The lowest BCUT2D eigenvalue weighted by molar-refractivity contribution is -0.143. The van der Waals surface area contributed by atoms with Crippen molar-refractivity contribution in [3.8, 4) is 0 Å². The van der Waals surface area contributed by atoms with Crippen molar-refractivity contribution in [1.82, 2.24) is 5.32 Å². The van der Waals surface area contributed by atoms with Gasteiger partial charge in [0.15, 0.2) is 0 Å². The van der Waals surface area contributed by atoms with Crippen LogP contribution in [0.2, 0.25) is 0 Å². The molecule has 0 rings (SSSR count). The van der Waals surface area contributed by atoms with Crippen LogP contribution in [0.3, 0.4) is 0 Å². The second-order valence-corrected chi connectivity index (χ2v) is 20.3. The van der Waals surface area contributed by atoms with Crippen LogP contribution in [0.25, 0.3) is 0 Å². The second kappa shape index (κ2) is 55.2. The van der Waals surface area contributed by atoms with Gasteiger partial charge in [-0.2, -0.15) is 0 Å². The molecule has 6 heteroatoms. The van der Waals surface area contributed by atoms with E-state index in [0.29, 0.717) is 25.9 Å². The fraction of sp³-hybridized carbons (Fsp3) is 0.932. The highest BCUT2D eigenvalue weighted by molar-refractivity contribution is 5.76. The summed E-state index contributed by atoms with van der Waals surface area (Å²) in [5.74, 6) is -0.0391. The Morgan fingerprint density at radius 3 is 1.09 bits per heavy atom. The molecule has 0 aliphatic carbocycles. The number of aliphatic hydroxyl groups is 2. The van der Waals surface area contributed by atoms with Gasteiger partial charge in [-0.3, -0.25) is 9.59 Å². The summed E-state index contributed by atoms with van der Waals surface area (Å²) in [4.78, 5) is 24.5. The molecule has 2 atom stereocenters. The zero-order valence-electron chi connectivity index (χ0n) is 44.0. The van der Waals surface area contributed by atoms with Crippen molar-refractivity contribution in [2.45, 2.75) is 341 Å². The molecule has 0 aromatic rings. The van der Waals surface area contributed by atoms with Gasteiger partial charge in [-0.15, -0.1) is 0 Å². The van der Waals surface area contributed by atoms with Crippen LogP contribution < -0.4 is 5.32 Å². The maximum absolute atomic E-state index is 12.5. The highest BCUT2D eigenvalue weighted by Gasteiger charge is 2.20. The Morgan fingerprint density at radius 2 is 0.723 bits per heavy atom. The van der Waals surface area contributed by atoms with E-state index in [-0.39, 0.29) is 18.5 Å². The van der Waals surface area contributed by atoms with E-state index in [4.69, 9.17) is 4.74 Å². The number of esters is 1. The molecule has 0 aliphatic rings. The average Bonchev–Trinajstić information content (AvgIpc) is 3.31. The predicted molar refractivity (Wildman–Crippen MR) is 283 cm³/mol. The summed E-state index contributed by atoms with van der Waals surface area (Å²) < 4.78 is 5.48. The van der Waals surface area contributed by atoms with Gasteiger partial charge in [0.1, 0.15) is 0 Å². The summed E-state index contributed by atoms with van der Waals surface area (Å²) in [5.41, 5.74) is 0. The number of hydrogen-bond donors (Lipinski definition) is 3. The molecule has 3 N–H and O–H groups in total. The van der Waals surface area contributed by atoms with E-state index in [2.05, 4.69) is 31.3 Å². The molecule has 0 aliphatic heterocycles. The standard InChI is InChI=1S/C59H115NO5/c1-3-5-7-9-11-13-15-17-19-20-25-29-33-37-41-45-49-53-59(64)65-54-50-46-42-38-34-30-26-22-21-24-28-32-36-40-44-48-52-58(63)60-56(55-61)57(62)51-47-43-39-35-31-27-23-18-16-14-12-10-8-6-4-2/h17,19,56-57,61-62H,3-16,18,20-55H2,1-2H3,(H,60,63)/b19-17-. The molecule has 0 saturated heterocycles. The van der Waals surface area contributed by atoms with Crippen LogP contribution in [0.4, 0.5) is 0 Å². The lowest BCUT2D eigenvalue weighted by Crippen LogP contribution is -2.45. The van der Waals surface area contributed by atoms with Gasteiger partial charge in [-0.05, 0) is 51.4 Å². The average molecular weight is 919 g/mol. The maximum Gasteiger partial charge on any atom is 0.305 e. The van der Waals surface area contributed by atoms with Crippen LogP contribution in [0.5, 0.6) is 0 Å². The van der Waals surface area contributed by atoms with E-state index in [1.165, 1.54) is 250 Å². The molecule has 0 aromatic heterocycles. The number of ether oxygens (including phenoxy) is 1. The summed E-state index contributed by atoms with van der Waals surface area (Å²) in [7, 11) is 0. The number of hydrogen-bond acceptors (Lipinski definition) is 5. The third-order valence-electron chi connectivity index (χ3n) is 13.8. The molecule has 0 heterocycles. The second-order valence-electron chi connectivity index (χ2n) is 20.3. The van der Waals surface area contributed by atoms with Gasteiger partial charge in [0.2, 0.25) is 5.91 Å². The monoisotopic (exact) mass is 918 g/mol. The molecule has 0 bridgehead atoms. The summed E-state index contributed by atoms with van der Waals surface area (Å²) >= 11 is 0. The Morgan fingerprint density at radius 1 is 0.415 bits per heavy atom. The van der Waals surface area contributed by atoms with Crippen molar-refractivity contribution < 1.29 is 24.5 Å². The Labute approximate surface area is 406 Å². The quantitative estimate of drug-likeness (QED) is 0.0321. The topological polar surface area (TPSA) is 95.9 Å². The van der Waals surface area contributed by atoms with Crippen LogP contribution in [-0.4, -0.2) is 47.4 Å². The Bertz CT molecular complexity index is 970. The van der Waals surface area contributed by atoms with E-state index in [9.17, 15) is 19.8 Å². The molecule has 0 fully saturated rings. The fourth-order valence-electron chi connectivity index (χ4n) is 9.28. The molecule has 1 amide bonds. The van der Waals surface area contributed by atoms with Crippen LogP contribution in [0.15, 0.2) is 12.2 Å². The molecule has 6 nitrogen and oxygen atoms in total. The van der Waals surface area contributed by atoms with Crippen molar-refractivity contribution in [1.29, 1.82) is 0 Å². The van der Waals surface area contributed by atoms with Crippen molar-refractivity contribution in [3.63, 3.8) is 0 Å². The first kappa shape index (κ1) is 63.6. The fourth-order valence-corrected chi connectivity index (χ4v) is 9.28. The molecule has 0 radical (unpaired) electrons. The van der Waals surface area contributed by atoms with Gasteiger partial charge in [-0.1, -0.05) is 276 Å². The molecule has 0 saturated carbocycles. The third-order valence-corrected chi connectivity index (χ3v) is 13.8.